The molecule has 1 amide bonds. The molecule has 3 heterocycles. The molecule has 2 unspecified atom stereocenters. The highest BCUT2D eigenvalue weighted by Gasteiger charge is 2.42. The Morgan fingerprint density at radius 1 is 1.28 bits per heavy atom. The third kappa shape index (κ3) is 6.24. The van der Waals surface area contributed by atoms with Gasteiger partial charge in [0.05, 0.1) is 6.61 Å². The second-order valence-electron chi connectivity index (χ2n) is 9.93. The number of carbonyl (C=O) groups is 1. The molecule has 0 radical (unpaired) electrons. The van der Waals surface area contributed by atoms with Crippen molar-refractivity contribution in [3.8, 4) is 0 Å². The minimum Gasteiger partial charge on any atom is -0.444 e. The maximum Gasteiger partial charge on any atom is 0.410 e. The van der Waals surface area contributed by atoms with Gasteiger partial charge in [0.25, 0.3) is 0 Å². The quantitative estimate of drug-likeness (QED) is 0.572. The Bertz CT molecular complexity index is 581. The molecule has 7 nitrogen and oxygen atoms in total. The molecule has 3 rings (SSSR count). The molecule has 2 atom stereocenters. The molecular formula is C22H40N4O3. The van der Waals surface area contributed by atoms with Crippen molar-refractivity contribution in [2.75, 3.05) is 52.5 Å². The van der Waals surface area contributed by atoms with E-state index < -0.39 is 5.60 Å². The standard InChI is InChI=1S/C22H40N4O3/c1-5-23-19(26-13-9-22(16-26)10-14-28-17-22)24-11-8-18-7-6-12-25(15-18)20(27)29-21(2,3)4/h18H,5-17H2,1-4H3,(H,23,24). The summed E-state index contributed by atoms with van der Waals surface area (Å²) in [6, 6.07) is 0. The predicted octanol–water partition coefficient (Wildman–Crippen LogP) is 3.10. The van der Waals surface area contributed by atoms with Gasteiger partial charge in [0, 0.05) is 51.3 Å². The van der Waals surface area contributed by atoms with E-state index in [1.807, 2.05) is 25.7 Å². The number of carbonyl (C=O) groups excluding carboxylic acids is 1. The van der Waals surface area contributed by atoms with E-state index in [-0.39, 0.29) is 6.09 Å². The van der Waals surface area contributed by atoms with Crippen LogP contribution in [0.15, 0.2) is 4.99 Å². The fourth-order valence-electron chi connectivity index (χ4n) is 4.66. The van der Waals surface area contributed by atoms with Crippen molar-refractivity contribution in [3.05, 3.63) is 0 Å². The summed E-state index contributed by atoms with van der Waals surface area (Å²) >= 11 is 0. The number of amides is 1. The van der Waals surface area contributed by atoms with Crippen LogP contribution in [-0.4, -0.2) is 79.9 Å². The van der Waals surface area contributed by atoms with Gasteiger partial charge in [0.15, 0.2) is 5.96 Å². The number of hydrogen-bond donors (Lipinski definition) is 1. The summed E-state index contributed by atoms with van der Waals surface area (Å²) in [5.41, 5.74) is -0.0973. The molecule has 1 spiro atoms. The van der Waals surface area contributed by atoms with Gasteiger partial charge >= 0.3 is 6.09 Å². The number of rotatable bonds is 4. The highest BCUT2D eigenvalue weighted by molar-refractivity contribution is 5.80. The van der Waals surface area contributed by atoms with E-state index >= 15 is 0 Å². The maximum absolute atomic E-state index is 12.4. The van der Waals surface area contributed by atoms with Gasteiger partial charge < -0.3 is 24.6 Å². The van der Waals surface area contributed by atoms with Crippen LogP contribution >= 0.6 is 0 Å². The molecule has 3 saturated heterocycles. The molecule has 0 aromatic carbocycles. The van der Waals surface area contributed by atoms with Crippen LogP contribution in [0.4, 0.5) is 4.79 Å². The van der Waals surface area contributed by atoms with Gasteiger partial charge in [-0.05, 0) is 65.7 Å². The zero-order valence-electron chi connectivity index (χ0n) is 18.8. The first-order chi connectivity index (χ1) is 13.8. The fourth-order valence-corrected chi connectivity index (χ4v) is 4.66. The average molecular weight is 409 g/mol. The molecule has 3 aliphatic rings. The van der Waals surface area contributed by atoms with Crippen LogP contribution in [0.25, 0.3) is 0 Å². The normalized spacial score (nSPS) is 28.3. The first-order valence-corrected chi connectivity index (χ1v) is 11.4. The molecule has 0 aromatic heterocycles. The van der Waals surface area contributed by atoms with Crippen LogP contribution in [-0.2, 0) is 9.47 Å². The number of guanidine groups is 1. The van der Waals surface area contributed by atoms with E-state index in [1.165, 1.54) is 12.8 Å². The van der Waals surface area contributed by atoms with Crippen LogP contribution in [0.3, 0.4) is 0 Å². The Balaban J connectivity index is 1.49. The lowest BCUT2D eigenvalue weighted by Gasteiger charge is -2.34. The highest BCUT2D eigenvalue weighted by atomic mass is 16.6. The van der Waals surface area contributed by atoms with Crippen LogP contribution in [0, 0.1) is 11.3 Å². The lowest BCUT2D eigenvalue weighted by atomic mass is 9.87. The number of ether oxygens (including phenoxy) is 2. The largest absolute Gasteiger partial charge is 0.444 e. The van der Waals surface area contributed by atoms with Crippen molar-refractivity contribution >= 4 is 12.1 Å². The molecule has 3 fully saturated rings. The molecule has 0 aliphatic carbocycles. The molecule has 0 aromatic rings. The second-order valence-corrected chi connectivity index (χ2v) is 9.93. The van der Waals surface area contributed by atoms with Gasteiger partial charge in [-0.15, -0.1) is 0 Å². The molecule has 166 valence electrons. The van der Waals surface area contributed by atoms with Crippen molar-refractivity contribution in [2.24, 2.45) is 16.3 Å². The monoisotopic (exact) mass is 408 g/mol. The van der Waals surface area contributed by atoms with Gasteiger partial charge in [0.2, 0.25) is 0 Å². The van der Waals surface area contributed by atoms with Crippen LogP contribution in [0.5, 0.6) is 0 Å². The molecule has 0 bridgehead atoms. The number of hydrogen-bond acceptors (Lipinski definition) is 4. The summed E-state index contributed by atoms with van der Waals surface area (Å²) in [4.78, 5) is 21.6. The third-order valence-corrected chi connectivity index (χ3v) is 6.23. The molecule has 0 saturated carbocycles. The molecule has 29 heavy (non-hydrogen) atoms. The van der Waals surface area contributed by atoms with Gasteiger partial charge in [-0.2, -0.15) is 0 Å². The minimum absolute atomic E-state index is 0.180. The first-order valence-electron chi connectivity index (χ1n) is 11.4. The second kappa shape index (κ2) is 9.54. The number of aliphatic imine (C=N–C) groups is 1. The summed E-state index contributed by atoms with van der Waals surface area (Å²) in [5.74, 6) is 1.53. The maximum atomic E-state index is 12.4. The number of nitrogens with zero attached hydrogens (tertiary/aromatic N) is 3. The van der Waals surface area contributed by atoms with E-state index in [1.54, 1.807) is 0 Å². The smallest absolute Gasteiger partial charge is 0.410 e. The zero-order chi connectivity index (χ0) is 20.9. The Hall–Kier alpha value is -1.50. The van der Waals surface area contributed by atoms with E-state index in [9.17, 15) is 4.79 Å². The molecule has 1 N–H and O–H groups in total. The summed E-state index contributed by atoms with van der Waals surface area (Å²) < 4.78 is 11.2. The number of piperidine rings is 1. The Labute approximate surface area is 176 Å². The topological polar surface area (TPSA) is 66.4 Å². The summed E-state index contributed by atoms with van der Waals surface area (Å²) in [6.07, 6.45) is 5.41. The van der Waals surface area contributed by atoms with Gasteiger partial charge in [-0.25, -0.2) is 4.79 Å². The zero-order valence-corrected chi connectivity index (χ0v) is 18.8. The SMILES string of the molecule is CCNC(=NCCC1CCCN(C(=O)OC(C)(C)C)C1)N1CCC2(CCOC2)C1. The molecule has 7 heteroatoms. The minimum atomic E-state index is -0.438. The van der Waals surface area contributed by atoms with Crippen molar-refractivity contribution < 1.29 is 14.3 Å². The van der Waals surface area contributed by atoms with Gasteiger partial charge in [-0.3, -0.25) is 4.99 Å². The molecule has 3 aliphatic heterocycles. The van der Waals surface area contributed by atoms with Crippen LogP contribution < -0.4 is 5.32 Å². The summed E-state index contributed by atoms with van der Waals surface area (Å²) in [5, 5.41) is 3.47. The first kappa shape index (κ1) is 22.2. The summed E-state index contributed by atoms with van der Waals surface area (Å²) in [7, 11) is 0. The predicted molar refractivity (Wildman–Crippen MR) is 115 cm³/mol. The van der Waals surface area contributed by atoms with E-state index in [2.05, 4.69) is 17.1 Å². The lowest BCUT2D eigenvalue weighted by Crippen LogP contribution is -2.43. The van der Waals surface area contributed by atoms with Crippen LogP contribution in [0.1, 0.15) is 59.8 Å². The lowest BCUT2D eigenvalue weighted by molar-refractivity contribution is 0.0163. The number of likely N-dealkylation sites (tertiary alicyclic amines) is 2. The van der Waals surface area contributed by atoms with E-state index in [0.29, 0.717) is 11.3 Å². The van der Waals surface area contributed by atoms with Crippen molar-refractivity contribution in [2.45, 2.75) is 65.4 Å². The number of nitrogens with one attached hydrogen (secondary N) is 1. The van der Waals surface area contributed by atoms with Crippen molar-refractivity contribution in [1.29, 1.82) is 0 Å². The van der Waals surface area contributed by atoms with Crippen molar-refractivity contribution in [1.82, 2.24) is 15.1 Å². The van der Waals surface area contributed by atoms with Gasteiger partial charge in [-0.1, -0.05) is 0 Å². The van der Waals surface area contributed by atoms with E-state index in [0.717, 1.165) is 77.7 Å². The van der Waals surface area contributed by atoms with Crippen molar-refractivity contribution in [3.63, 3.8) is 0 Å². The fraction of sp³-hybridized carbons (Fsp3) is 0.909. The average Bonchev–Trinajstić information content (AvgIpc) is 3.30. The van der Waals surface area contributed by atoms with E-state index in [4.69, 9.17) is 14.5 Å². The molecular weight excluding hydrogens is 368 g/mol. The Kier molecular flexibility index (Phi) is 7.30. The van der Waals surface area contributed by atoms with Crippen LogP contribution in [0.2, 0.25) is 0 Å². The Morgan fingerprint density at radius 3 is 2.79 bits per heavy atom. The summed E-state index contributed by atoms with van der Waals surface area (Å²) in [6.45, 7) is 15.1. The van der Waals surface area contributed by atoms with Gasteiger partial charge in [0.1, 0.15) is 5.60 Å². The highest BCUT2D eigenvalue weighted by Crippen LogP contribution is 2.38. The Morgan fingerprint density at radius 2 is 2.10 bits per heavy atom. The third-order valence-electron chi connectivity index (χ3n) is 6.23.